The molecule has 0 bridgehead atoms. The number of ether oxygens (including phenoxy) is 2. The van der Waals surface area contributed by atoms with Crippen molar-refractivity contribution in [1.29, 1.82) is 0 Å². The third-order valence-corrected chi connectivity index (χ3v) is 5.24. The van der Waals surface area contributed by atoms with Crippen molar-refractivity contribution in [3.05, 3.63) is 41.1 Å². The Hall–Kier alpha value is -2.50. The highest BCUT2D eigenvalue weighted by Gasteiger charge is 2.33. The van der Waals surface area contributed by atoms with Gasteiger partial charge in [0, 0.05) is 5.70 Å². The molecular weight excluding hydrogens is 344 g/mol. The summed E-state index contributed by atoms with van der Waals surface area (Å²) in [6.07, 6.45) is 7.58. The molecule has 2 aliphatic rings. The molecule has 1 atom stereocenters. The highest BCUT2D eigenvalue weighted by Crippen LogP contribution is 2.31. The summed E-state index contributed by atoms with van der Waals surface area (Å²) in [5, 5.41) is 5.54. The molecule has 1 aliphatic carbocycles. The number of urea groups is 1. The van der Waals surface area contributed by atoms with Crippen molar-refractivity contribution >= 4 is 12.0 Å². The van der Waals surface area contributed by atoms with Crippen molar-refractivity contribution in [3.63, 3.8) is 0 Å². The predicted octanol–water partition coefficient (Wildman–Crippen LogP) is 3.98. The van der Waals surface area contributed by atoms with E-state index >= 15 is 0 Å². The quantitative estimate of drug-likeness (QED) is 0.784. The Kier molecular flexibility index (Phi) is 6.37. The van der Waals surface area contributed by atoms with Crippen LogP contribution in [0.25, 0.3) is 0 Å². The normalized spacial score (nSPS) is 21.6. The Morgan fingerprint density at radius 1 is 1.11 bits per heavy atom. The Balaban J connectivity index is 1.83. The van der Waals surface area contributed by atoms with Crippen molar-refractivity contribution in [3.8, 4) is 5.75 Å². The monoisotopic (exact) mass is 372 g/mol. The molecule has 2 N–H and O–H groups in total. The van der Waals surface area contributed by atoms with Gasteiger partial charge in [0.15, 0.2) is 0 Å². The molecule has 6 heteroatoms. The minimum atomic E-state index is -0.560. The maximum Gasteiger partial charge on any atom is 0.338 e. The number of hydrogen-bond acceptors (Lipinski definition) is 4. The topological polar surface area (TPSA) is 76.7 Å². The Morgan fingerprint density at radius 2 is 1.81 bits per heavy atom. The van der Waals surface area contributed by atoms with Gasteiger partial charge in [0.25, 0.3) is 0 Å². The van der Waals surface area contributed by atoms with Crippen LogP contribution in [0.3, 0.4) is 0 Å². The first-order chi connectivity index (χ1) is 13.1. The summed E-state index contributed by atoms with van der Waals surface area (Å²) in [4.78, 5) is 25.0. The lowest BCUT2D eigenvalue weighted by Crippen LogP contribution is -2.45. The predicted molar refractivity (Wildman–Crippen MR) is 102 cm³/mol. The number of nitrogens with one attached hydrogen (secondary N) is 2. The summed E-state index contributed by atoms with van der Waals surface area (Å²) >= 11 is 0. The van der Waals surface area contributed by atoms with E-state index in [4.69, 9.17) is 9.47 Å². The van der Waals surface area contributed by atoms with Gasteiger partial charge in [-0.3, -0.25) is 0 Å². The second kappa shape index (κ2) is 8.93. The molecule has 0 radical (unpaired) electrons. The molecule has 1 aromatic rings. The number of esters is 1. The number of amides is 2. The van der Waals surface area contributed by atoms with Gasteiger partial charge in [-0.05, 0) is 50.3 Å². The van der Waals surface area contributed by atoms with Gasteiger partial charge in [-0.2, -0.15) is 0 Å². The molecule has 1 heterocycles. The smallest absolute Gasteiger partial charge is 0.338 e. The summed E-state index contributed by atoms with van der Waals surface area (Å²) in [5.74, 6) is 0.309. The first kappa shape index (κ1) is 19.3. The number of carbonyl (C=O) groups is 2. The number of benzene rings is 1. The highest BCUT2D eigenvalue weighted by atomic mass is 16.5. The second-order valence-electron chi connectivity index (χ2n) is 7.22. The third-order valence-electron chi connectivity index (χ3n) is 5.24. The summed E-state index contributed by atoms with van der Waals surface area (Å²) < 4.78 is 11.1. The molecule has 0 saturated heterocycles. The maximum atomic E-state index is 13.0. The number of allylic oxidation sites excluding steroid dienone is 1. The SMILES string of the molecule is COc1cccc([C@@H]2NC(=O)NC(C)=C2C(=O)OC2CCCCCCC2)c1. The fourth-order valence-corrected chi connectivity index (χ4v) is 3.79. The lowest BCUT2D eigenvalue weighted by Gasteiger charge is -2.30. The van der Waals surface area contributed by atoms with E-state index in [0.717, 1.165) is 31.2 Å². The fraction of sp³-hybridized carbons (Fsp3) is 0.524. The molecule has 1 fully saturated rings. The van der Waals surface area contributed by atoms with Crippen LogP contribution in [0.15, 0.2) is 35.5 Å². The summed E-state index contributed by atoms with van der Waals surface area (Å²) in [6, 6.07) is 6.48. The van der Waals surface area contributed by atoms with Crippen LogP contribution in [0, 0.1) is 0 Å². The fourth-order valence-electron chi connectivity index (χ4n) is 3.79. The maximum absolute atomic E-state index is 13.0. The molecular formula is C21H28N2O4. The number of hydrogen-bond donors (Lipinski definition) is 2. The number of rotatable bonds is 4. The lowest BCUT2D eigenvalue weighted by atomic mass is 9.95. The zero-order valence-electron chi connectivity index (χ0n) is 16.0. The summed E-state index contributed by atoms with van der Waals surface area (Å²) in [6.45, 7) is 1.74. The van der Waals surface area contributed by atoms with Crippen LogP contribution in [0.4, 0.5) is 4.79 Å². The van der Waals surface area contributed by atoms with Gasteiger partial charge >= 0.3 is 12.0 Å². The van der Waals surface area contributed by atoms with Crippen LogP contribution in [-0.4, -0.2) is 25.2 Å². The zero-order chi connectivity index (χ0) is 19.2. The van der Waals surface area contributed by atoms with Crippen molar-refractivity contribution in [2.45, 2.75) is 64.0 Å². The van der Waals surface area contributed by atoms with Crippen LogP contribution in [0.2, 0.25) is 0 Å². The molecule has 27 heavy (non-hydrogen) atoms. The van der Waals surface area contributed by atoms with Gasteiger partial charge in [-0.15, -0.1) is 0 Å². The van der Waals surface area contributed by atoms with Gasteiger partial charge in [-0.25, -0.2) is 9.59 Å². The van der Waals surface area contributed by atoms with E-state index in [9.17, 15) is 9.59 Å². The molecule has 1 aromatic carbocycles. The van der Waals surface area contributed by atoms with Crippen molar-refractivity contribution in [1.82, 2.24) is 10.6 Å². The molecule has 1 aliphatic heterocycles. The molecule has 1 saturated carbocycles. The van der Waals surface area contributed by atoms with E-state index in [1.165, 1.54) is 19.3 Å². The first-order valence-corrected chi connectivity index (χ1v) is 9.71. The number of methoxy groups -OCH3 is 1. The van der Waals surface area contributed by atoms with E-state index in [0.29, 0.717) is 17.0 Å². The van der Waals surface area contributed by atoms with E-state index < -0.39 is 6.04 Å². The minimum absolute atomic E-state index is 0.0540. The van der Waals surface area contributed by atoms with Gasteiger partial charge in [-0.1, -0.05) is 31.4 Å². The summed E-state index contributed by atoms with van der Waals surface area (Å²) in [5.41, 5.74) is 1.76. The first-order valence-electron chi connectivity index (χ1n) is 9.71. The van der Waals surface area contributed by atoms with Crippen LogP contribution in [-0.2, 0) is 9.53 Å². The van der Waals surface area contributed by atoms with E-state index in [2.05, 4.69) is 10.6 Å². The van der Waals surface area contributed by atoms with E-state index in [1.54, 1.807) is 14.0 Å². The van der Waals surface area contributed by atoms with Crippen LogP contribution in [0.1, 0.15) is 63.5 Å². The zero-order valence-corrected chi connectivity index (χ0v) is 16.0. The molecule has 0 spiro atoms. The van der Waals surface area contributed by atoms with Crippen LogP contribution >= 0.6 is 0 Å². The molecule has 0 unspecified atom stereocenters. The Bertz CT molecular complexity index is 721. The van der Waals surface area contributed by atoms with Crippen molar-refractivity contribution in [2.24, 2.45) is 0 Å². The van der Waals surface area contributed by atoms with Gasteiger partial charge in [0.05, 0.1) is 18.7 Å². The van der Waals surface area contributed by atoms with Crippen molar-refractivity contribution < 1.29 is 19.1 Å². The second-order valence-corrected chi connectivity index (χ2v) is 7.22. The molecule has 3 rings (SSSR count). The average molecular weight is 372 g/mol. The van der Waals surface area contributed by atoms with Gasteiger partial charge in [0.2, 0.25) is 0 Å². The third kappa shape index (κ3) is 4.81. The Labute approximate surface area is 160 Å². The van der Waals surface area contributed by atoms with Gasteiger partial charge < -0.3 is 20.1 Å². The Morgan fingerprint density at radius 3 is 2.52 bits per heavy atom. The summed E-state index contributed by atoms with van der Waals surface area (Å²) in [7, 11) is 1.59. The van der Waals surface area contributed by atoms with E-state index in [-0.39, 0.29) is 18.1 Å². The molecule has 2 amide bonds. The van der Waals surface area contributed by atoms with Crippen LogP contribution < -0.4 is 15.4 Å². The standard InChI is InChI=1S/C21H28N2O4/c1-14-18(20(24)27-16-10-6-4-3-5-7-11-16)19(23-21(25)22-14)15-9-8-12-17(13-15)26-2/h8-9,12-13,16,19H,3-7,10-11H2,1-2H3,(H2,22,23,25)/t19-/m0/s1. The number of carbonyl (C=O) groups excluding carboxylic acids is 2. The van der Waals surface area contributed by atoms with Crippen molar-refractivity contribution in [2.75, 3.05) is 7.11 Å². The molecule has 0 aromatic heterocycles. The largest absolute Gasteiger partial charge is 0.497 e. The van der Waals surface area contributed by atoms with Crippen LogP contribution in [0.5, 0.6) is 5.75 Å². The van der Waals surface area contributed by atoms with Gasteiger partial charge in [0.1, 0.15) is 11.9 Å². The lowest BCUT2D eigenvalue weighted by molar-refractivity contribution is -0.145. The molecule has 6 nitrogen and oxygen atoms in total. The average Bonchev–Trinajstić information content (AvgIpc) is 2.63. The minimum Gasteiger partial charge on any atom is -0.497 e. The highest BCUT2D eigenvalue weighted by molar-refractivity contribution is 5.95. The van der Waals surface area contributed by atoms with E-state index in [1.807, 2.05) is 24.3 Å². The molecule has 146 valence electrons.